The molecule has 0 unspecified atom stereocenters. The van der Waals surface area contributed by atoms with Crippen LogP contribution in [0.2, 0.25) is 11.1 Å². The van der Waals surface area contributed by atoms with Crippen LogP contribution in [0.3, 0.4) is 0 Å². The predicted molar refractivity (Wildman–Crippen MR) is 144 cm³/mol. The van der Waals surface area contributed by atoms with E-state index < -0.39 is 8.07 Å². The van der Waals surface area contributed by atoms with Crippen LogP contribution in [-0.4, -0.2) is 34.8 Å². The Morgan fingerprint density at radius 2 is 1.73 bits per heavy atom. The van der Waals surface area contributed by atoms with Crippen LogP contribution in [0.1, 0.15) is 71.4 Å². The topological polar surface area (TPSA) is 18.6 Å². The van der Waals surface area contributed by atoms with Crippen LogP contribution >= 0.6 is 0 Å². The number of benzene rings is 2. The molecule has 0 saturated heterocycles. The second-order valence-electron chi connectivity index (χ2n) is 11.3. The number of hydrogen-bond donors (Lipinski definition) is 0. The summed E-state index contributed by atoms with van der Waals surface area (Å²) < 4.78 is 2.45. The van der Waals surface area contributed by atoms with Crippen molar-refractivity contribution in [2.24, 2.45) is 4.99 Å². The summed E-state index contributed by atoms with van der Waals surface area (Å²) in [6.45, 7) is 15.7. The van der Waals surface area contributed by atoms with Crippen LogP contribution in [-0.2, 0) is 12.8 Å². The molecule has 2 aromatic rings. The first kappa shape index (κ1) is 22.8. The van der Waals surface area contributed by atoms with Crippen molar-refractivity contribution in [2.45, 2.75) is 84.2 Å². The first-order valence-electron chi connectivity index (χ1n) is 13.4. The average Bonchev–Trinajstić information content (AvgIpc) is 3.34. The first-order valence-corrected chi connectivity index (χ1v) is 15.6. The van der Waals surface area contributed by atoms with Crippen LogP contribution in [0, 0.1) is 0 Å². The smallest absolute Gasteiger partial charge is 0.203 e. The maximum Gasteiger partial charge on any atom is 0.203 e. The quantitative estimate of drug-likeness (QED) is 0.348. The minimum atomic E-state index is -2.01. The van der Waals surface area contributed by atoms with Gasteiger partial charge in [-0.15, -0.1) is 0 Å². The van der Waals surface area contributed by atoms with E-state index in [1.54, 1.807) is 10.4 Å². The lowest BCUT2D eigenvalue weighted by Gasteiger charge is -2.43. The van der Waals surface area contributed by atoms with Gasteiger partial charge in [-0.1, -0.05) is 53.9 Å². The molecule has 4 heteroatoms. The fourth-order valence-corrected chi connectivity index (χ4v) is 13.0. The van der Waals surface area contributed by atoms with Gasteiger partial charge in [-0.05, 0) is 58.1 Å². The molecule has 33 heavy (non-hydrogen) atoms. The van der Waals surface area contributed by atoms with Crippen molar-refractivity contribution in [1.82, 2.24) is 4.58 Å². The van der Waals surface area contributed by atoms with E-state index in [9.17, 15) is 0 Å². The molecule has 0 aromatic heterocycles. The van der Waals surface area contributed by atoms with Crippen molar-refractivity contribution in [3.63, 3.8) is 0 Å². The van der Waals surface area contributed by atoms with Crippen LogP contribution < -0.4 is 30.6 Å². The fourth-order valence-electron chi connectivity index (χ4n) is 7.07. The van der Waals surface area contributed by atoms with Crippen LogP contribution in [0.5, 0.6) is 0 Å². The minimum absolute atomic E-state index is 0.632. The SMILES string of the molecule is CCCCCCN1CCc2cc3c(cc21)[Si](C(C)C)(C(C)C)c1cc2c(cc1=N3)CC[N+]=2C. The Hall–Kier alpha value is -1.94. The number of fused-ring (bicyclic) bond motifs is 4. The zero-order valence-electron chi connectivity index (χ0n) is 21.7. The lowest BCUT2D eigenvalue weighted by atomic mass is 10.1. The molecule has 0 bridgehead atoms. The molecular formula is C29H42N3Si+. The number of likely N-dealkylation sites (N-methyl/N-ethyl adjacent to an activating group) is 1. The lowest BCUT2D eigenvalue weighted by molar-refractivity contribution is 0.651. The van der Waals surface area contributed by atoms with E-state index in [1.807, 2.05) is 0 Å². The van der Waals surface area contributed by atoms with Crippen molar-refractivity contribution in [3.05, 3.63) is 46.1 Å². The van der Waals surface area contributed by atoms with Gasteiger partial charge in [-0.3, -0.25) is 0 Å². The van der Waals surface area contributed by atoms with Gasteiger partial charge in [0.1, 0.15) is 21.7 Å². The number of unbranched alkanes of at least 4 members (excludes halogenated alkanes) is 3. The summed E-state index contributed by atoms with van der Waals surface area (Å²) in [4.78, 5) is 8.04. The Labute approximate surface area is 201 Å². The number of rotatable bonds is 7. The summed E-state index contributed by atoms with van der Waals surface area (Å²) in [5.41, 5.74) is 7.07. The Kier molecular flexibility index (Phi) is 6.01. The van der Waals surface area contributed by atoms with Gasteiger partial charge in [0.15, 0.2) is 0 Å². The molecule has 3 heterocycles. The van der Waals surface area contributed by atoms with Gasteiger partial charge in [0.05, 0.1) is 11.0 Å². The van der Waals surface area contributed by atoms with Gasteiger partial charge in [0.2, 0.25) is 5.36 Å². The van der Waals surface area contributed by atoms with Gasteiger partial charge in [0, 0.05) is 36.8 Å². The Morgan fingerprint density at radius 3 is 2.45 bits per heavy atom. The fraction of sp³-hybridized carbons (Fsp3) is 0.586. The van der Waals surface area contributed by atoms with Crippen LogP contribution in [0.25, 0.3) is 0 Å². The molecule has 0 N–H and O–H groups in total. The van der Waals surface area contributed by atoms with Crippen LogP contribution in [0.15, 0.2) is 29.3 Å². The lowest BCUT2D eigenvalue weighted by Crippen LogP contribution is -2.69. The van der Waals surface area contributed by atoms with Crippen molar-refractivity contribution in [2.75, 3.05) is 31.6 Å². The molecule has 0 aliphatic carbocycles. The molecule has 176 valence electrons. The molecule has 5 rings (SSSR count). The highest BCUT2D eigenvalue weighted by Crippen LogP contribution is 2.39. The molecule has 0 saturated carbocycles. The van der Waals surface area contributed by atoms with Crippen molar-refractivity contribution in [3.8, 4) is 0 Å². The third-order valence-electron chi connectivity index (χ3n) is 8.75. The molecule has 3 aliphatic rings. The summed E-state index contributed by atoms with van der Waals surface area (Å²) >= 11 is 0. The van der Waals surface area contributed by atoms with Gasteiger partial charge < -0.3 is 4.90 Å². The van der Waals surface area contributed by atoms with Crippen molar-refractivity contribution in [1.29, 1.82) is 0 Å². The second kappa shape index (κ2) is 8.68. The third-order valence-corrected chi connectivity index (χ3v) is 15.0. The molecule has 0 radical (unpaired) electrons. The monoisotopic (exact) mass is 460 g/mol. The van der Waals surface area contributed by atoms with E-state index in [-0.39, 0.29) is 0 Å². The van der Waals surface area contributed by atoms with E-state index in [1.165, 1.54) is 78.4 Å². The van der Waals surface area contributed by atoms with E-state index in [2.05, 4.69) is 75.4 Å². The van der Waals surface area contributed by atoms with E-state index in [0.29, 0.717) is 11.1 Å². The summed E-state index contributed by atoms with van der Waals surface area (Å²) in [5, 5.41) is 5.91. The van der Waals surface area contributed by atoms with E-state index in [0.717, 1.165) is 13.0 Å². The zero-order valence-corrected chi connectivity index (χ0v) is 22.7. The molecule has 0 fully saturated rings. The summed E-state index contributed by atoms with van der Waals surface area (Å²) in [7, 11) is 0.239. The predicted octanol–water partition coefficient (Wildman–Crippen LogP) is 3.95. The molecule has 3 aliphatic heterocycles. The van der Waals surface area contributed by atoms with Gasteiger partial charge in [0.25, 0.3) is 0 Å². The normalized spacial score (nSPS) is 17.8. The largest absolute Gasteiger partial charge is 0.371 e. The van der Waals surface area contributed by atoms with Crippen LogP contribution in [0.4, 0.5) is 11.4 Å². The molecule has 2 aromatic carbocycles. The first-order chi connectivity index (χ1) is 15.9. The number of nitrogens with zero attached hydrogens (tertiary/aromatic N) is 3. The van der Waals surface area contributed by atoms with Gasteiger partial charge in [-0.25, -0.2) is 9.57 Å². The Balaban J connectivity index is 1.69. The minimum Gasteiger partial charge on any atom is -0.371 e. The Morgan fingerprint density at radius 1 is 0.939 bits per heavy atom. The molecule has 0 atom stereocenters. The van der Waals surface area contributed by atoms with E-state index >= 15 is 0 Å². The molecule has 3 nitrogen and oxygen atoms in total. The van der Waals surface area contributed by atoms with Gasteiger partial charge in [-0.2, -0.15) is 0 Å². The maximum absolute atomic E-state index is 5.36. The molecule has 0 amide bonds. The van der Waals surface area contributed by atoms with Gasteiger partial charge >= 0.3 is 0 Å². The Bertz CT molecular complexity index is 1190. The summed E-state index contributed by atoms with van der Waals surface area (Å²) in [6.07, 6.45) is 7.65. The zero-order chi connectivity index (χ0) is 23.3. The van der Waals surface area contributed by atoms with Crippen molar-refractivity contribution >= 4 is 29.8 Å². The van der Waals surface area contributed by atoms with Crippen molar-refractivity contribution < 1.29 is 0 Å². The highest BCUT2D eigenvalue weighted by molar-refractivity contribution is 7.05. The molecular weight excluding hydrogens is 418 g/mol. The number of anilines is 1. The number of hydrogen-bond acceptors (Lipinski definition) is 2. The average molecular weight is 461 g/mol. The second-order valence-corrected chi connectivity index (χ2v) is 16.4. The standard InChI is InChI=1S/C29H42N3Si/c1-7-8-9-10-13-32-15-12-23-17-25-29(19-27(23)32)33(20(2)3,21(4)5)28-18-26-22(11-14-31(26)6)16-24(28)30-25/h16-21H,7-15H2,1-6H3/q+1. The highest BCUT2D eigenvalue weighted by Gasteiger charge is 2.48. The third kappa shape index (κ3) is 3.51. The summed E-state index contributed by atoms with van der Waals surface area (Å²) in [5.74, 6) is 0. The summed E-state index contributed by atoms with van der Waals surface area (Å²) in [6, 6.07) is 10.1. The van der Waals surface area contributed by atoms with E-state index in [4.69, 9.17) is 4.99 Å². The molecule has 0 spiro atoms. The maximum atomic E-state index is 5.36. The highest BCUT2D eigenvalue weighted by atomic mass is 28.3.